The number of fused-ring (bicyclic) bond motifs is 1. The molecule has 4 atom stereocenters. The van der Waals surface area contributed by atoms with Crippen LogP contribution in [0, 0.1) is 0 Å². The third-order valence-electron chi connectivity index (χ3n) is 3.90. The summed E-state index contributed by atoms with van der Waals surface area (Å²) in [6.45, 7) is -0.378. The molecule has 10 heteroatoms. The number of aromatic nitrogens is 4. The van der Waals surface area contributed by atoms with Gasteiger partial charge in [-0.3, -0.25) is 4.57 Å². The van der Waals surface area contributed by atoms with E-state index >= 15 is 0 Å². The minimum atomic E-state index is -1.18. The second kappa shape index (κ2) is 6.51. The summed E-state index contributed by atoms with van der Waals surface area (Å²) in [6, 6.07) is 3.87. The molecule has 0 bridgehead atoms. The first-order chi connectivity index (χ1) is 11.2. The lowest BCUT2D eigenvalue weighted by Crippen LogP contribution is -2.33. The van der Waals surface area contributed by atoms with Crippen molar-refractivity contribution in [2.24, 2.45) is 0 Å². The SMILES string of the molecule is O.OC[C@H]1O[C@@H](n2cnc3c(-c4cccs4)ncnc32)[C@H](O)[C@@H]1O. The van der Waals surface area contributed by atoms with Crippen LogP contribution in [0.2, 0.25) is 0 Å². The van der Waals surface area contributed by atoms with Gasteiger partial charge in [0.1, 0.15) is 35.8 Å². The molecule has 0 amide bonds. The van der Waals surface area contributed by atoms with E-state index in [0.29, 0.717) is 16.9 Å². The van der Waals surface area contributed by atoms with Crippen LogP contribution in [0.25, 0.3) is 21.7 Å². The van der Waals surface area contributed by atoms with Crippen molar-refractivity contribution in [3.63, 3.8) is 0 Å². The zero-order valence-electron chi connectivity index (χ0n) is 12.4. The Morgan fingerprint density at radius 1 is 1.21 bits per heavy atom. The number of hydrogen-bond acceptors (Lipinski definition) is 8. The summed E-state index contributed by atoms with van der Waals surface area (Å²) in [6.07, 6.45) is -1.12. The molecule has 0 aliphatic carbocycles. The van der Waals surface area contributed by atoms with E-state index in [0.717, 1.165) is 4.88 Å². The third kappa shape index (κ3) is 2.49. The van der Waals surface area contributed by atoms with Gasteiger partial charge in [0.05, 0.1) is 17.8 Å². The van der Waals surface area contributed by atoms with Crippen LogP contribution in [-0.4, -0.2) is 65.2 Å². The van der Waals surface area contributed by atoms with Crippen molar-refractivity contribution in [3.8, 4) is 10.6 Å². The van der Waals surface area contributed by atoms with Crippen molar-refractivity contribution < 1.29 is 25.5 Å². The highest BCUT2D eigenvalue weighted by Crippen LogP contribution is 2.33. The Morgan fingerprint density at radius 2 is 2.04 bits per heavy atom. The lowest BCUT2D eigenvalue weighted by molar-refractivity contribution is -0.0511. The Balaban J connectivity index is 0.00000169. The van der Waals surface area contributed by atoms with Gasteiger partial charge in [-0.15, -0.1) is 11.3 Å². The maximum Gasteiger partial charge on any atom is 0.166 e. The number of rotatable bonds is 3. The van der Waals surface area contributed by atoms with E-state index in [-0.39, 0.29) is 12.1 Å². The van der Waals surface area contributed by atoms with Gasteiger partial charge >= 0.3 is 0 Å². The van der Waals surface area contributed by atoms with Gasteiger partial charge in [0.25, 0.3) is 0 Å². The fourth-order valence-corrected chi connectivity index (χ4v) is 3.46. The molecule has 3 aromatic heterocycles. The van der Waals surface area contributed by atoms with Crippen molar-refractivity contribution >= 4 is 22.5 Å². The molecule has 0 radical (unpaired) electrons. The number of thiophene rings is 1. The van der Waals surface area contributed by atoms with Gasteiger partial charge in [-0.05, 0) is 11.4 Å². The van der Waals surface area contributed by atoms with E-state index in [1.165, 1.54) is 12.7 Å². The fraction of sp³-hybridized carbons (Fsp3) is 0.357. The van der Waals surface area contributed by atoms with E-state index in [4.69, 9.17) is 4.74 Å². The van der Waals surface area contributed by atoms with E-state index in [1.54, 1.807) is 15.9 Å². The summed E-state index contributed by atoms with van der Waals surface area (Å²) >= 11 is 1.54. The quantitative estimate of drug-likeness (QED) is 0.567. The number of aliphatic hydroxyl groups is 3. The van der Waals surface area contributed by atoms with E-state index < -0.39 is 24.5 Å². The summed E-state index contributed by atoms with van der Waals surface area (Å²) in [5, 5.41) is 31.2. The predicted molar refractivity (Wildman–Crippen MR) is 85.3 cm³/mol. The molecule has 1 aliphatic rings. The second-order valence-corrected chi connectivity index (χ2v) is 6.20. The predicted octanol–water partition coefficient (Wildman–Crippen LogP) is -0.658. The summed E-state index contributed by atoms with van der Waals surface area (Å²) in [4.78, 5) is 13.8. The minimum absolute atomic E-state index is 0. The Labute approximate surface area is 140 Å². The van der Waals surface area contributed by atoms with Gasteiger partial charge in [-0.2, -0.15) is 0 Å². The van der Waals surface area contributed by atoms with E-state index in [2.05, 4.69) is 15.0 Å². The molecular weight excluding hydrogens is 336 g/mol. The first-order valence-electron chi connectivity index (χ1n) is 7.04. The molecule has 128 valence electrons. The standard InChI is InChI=1S/C14H14N4O4S.H2O/c19-4-7-11(20)12(21)14(22-7)18-6-17-10-9(8-2-1-3-23-8)15-5-16-13(10)18;/h1-3,5-7,11-12,14,19-21H,4H2;1H2/t7-,11-,12-,14-;/m1./s1. The normalized spacial score (nSPS) is 26.6. The van der Waals surface area contributed by atoms with Crippen LogP contribution in [0.3, 0.4) is 0 Å². The molecule has 5 N–H and O–H groups in total. The largest absolute Gasteiger partial charge is 0.412 e. The summed E-state index contributed by atoms with van der Waals surface area (Å²) in [5.74, 6) is 0. The molecular formula is C14H16N4O5S. The number of ether oxygens (including phenoxy) is 1. The number of imidazole rings is 1. The molecule has 3 aromatic rings. The molecule has 24 heavy (non-hydrogen) atoms. The van der Waals surface area contributed by atoms with E-state index in [9.17, 15) is 15.3 Å². The monoisotopic (exact) mass is 352 g/mol. The molecule has 4 rings (SSSR count). The molecule has 4 heterocycles. The van der Waals surface area contributed by atoms with Crippen LogP contribution < -0.4 is 0 Å². The van der Waals surface area contributed by atoms with Gasteiger partial charge in [-0.1, -0.05) is 6.07 Å². The topological polar surface area (TPSA) is 145 Å². The first-order valence-corrected chi connectivity index (χ1v) is 7.92. The van der Waals surface area contributed by atoms with Gasteiger partial charge < -0.3 is 25.5 Å². The van der Waals surface area contributed by atoms with Crippen LogP contribution in [0.5, 0.6) is 0 Å². The lowest BCUT2D eigenvalue weighted by Gasteiger charge is -2.16. The molecule has 0 spiro atoms. The highest BCUT2D eigenvalue weighted by molar-refractivity contribution is 7.13. The van der Waals surface area contributed by atoms with Gasteiger partial charge in [0.2, 0.25) is 0 Å². The minimum Gasteiger partial charge on any atom is -0.412 e. The molecule has 0 unspecified atom stereocenters. The average molecular weight is 352 g/mol. The summed E-state index contributed by atoms with van der Waals surface area (Å²) < 4.78 is 7.09. The summed E-state index contributed by atoms with van der Waals surface area (Å²) in [5.41, 5.74) is 1.79. The lowest BCUT2D eigenvalue weighted by atomic mass is 10.1. The van der Waals surface area contributed by atoms with E-state index in [1.807, 2.05) is 17.5 Å². The van der Waals surface area contributed by atoms with Crippen molar-refractivity contribution in [1.82, 2.24) is 19.5 Å². The maximum absolute atomic E-state index is 10.2. The summed E-state index contributed by atoms with van der Waals surface area (Å²) in [7, 11) is 0. The smallest absolute Gasteiger partial charge is 0.166 e. The number of aliphatic hydroxyl groups excluding tert-OH is 3. The molecule has 0 aromatic carbocycles. The second-order valence-electron chi connectivity index (χ2n) is 5.25. The molecule has 1 fully saturated rings. The van der Waals surface area contributed by atoms with Crippen LogP contribution in [0.1, 0.15) is 6.23 Å². The Morgan fingerprint density at radius 3 is 2.71 bits per heavy atom. The molecule has 0 saturated carbocycles. The van der Waals surface area contributed by atoms with Crippen LogP contribution in [0.4, 0.5) is 0 Å². The highest BCUT2D eigenvalue weighted by atomic mass is 32.1. The third-order valence-corrected chi connectivity index (χ3v) is 4.78. The van der Waals surface area contributed by atoms with Crippen molar-refractivity contribution in [2.75, 3.05) is 6.61 Å². The number of hydrogen-bond donors (Lipinski definition) is 3. The average Bonchev–Trinajstić information content (AvgIpc) is 3.28. The van der Waals surface area contributed by atoms with Gasteiger partial charge in [0.15, 0.2) is 11.9 Å². The fourth-order valence-electron chi connectivity index (χ4n) is 2.74. The Bertz CT molecular complexity index is 824. The van der Waals surface area contributed by atoms with Crippen molar-refractivity contribution in [1.29, 1.82) is 0 Å². The number of nitrogens with zero attached hydrogens (tertiary/aromatic N) is 4. The van der Waals surface area contributed by atoms with Gasteiger partial charge in [0, 0.05) is 0 Å². The van der Waals surface area contributed by atoms with Crippen LogP contribution in [-0.2, 0) is 4.74 Å². The maximum atomic E-state index is 10.2. The van der Waals surface area contributed by atoms with Crippen LogP contribution in [0.15, 0.2) is 30.2 Å². The van der Waals surface area contributed by atoms with Crippen molar-refractivity contribution in [3.05, 3.63) is 30.2 Å². The zero-order chi connectivity index (χ0) is 16.0. The first kappa shape index (κ1) is 16.9. The zero-order valence-corrected chi connectivity index (χ0v) is 13.2. The van der Waals surface area contributed by atoms with Gasteiger partial charge in [-0.25, -0.2) is 15.0 Å². The van der Waals surface area contributed by atoms with Crippen molar-refractivity contribution in [2.45, 2.75) is 24.5 Å². The highest BCUT2D eigenvalue weighted by Gasteiger charge is 2.44. The Kier molecular flexibility index (Phi) is 4.58. The van der Waals surface area contributed by atoms with Crippen LogP contribution >= 0.6 is 11.3 Å². The molecule has 1 aliphatic heterocycles. The molecule has 1 saturated heterocycles. The Hall–Kier alpha value is -1.95. The molecule has 9 nitrogen and oxygen atoms in total.